The largest absolute Gasteiger partial charge is 0.378 e. The first-order valence-electron chi connectivity index (χ1n) is 11.4. The minimum absolute atomic E-state index is 0.0337. The second kappa shape index (κ2) is 9.59. The van der Waals surface area contributed by atoms with Crippen LogP contribution in [0.25, 0.3) is 10.9 Å². The number of carbonyl (C=O) groups is 1. The minimum atomic E-state index is -0.372. The summed E-state index contributed by atoms with van der Waals surface area (Å²) in [6.45, 7) is 2.97. The summed E-state index contributed by atoms with van der Waals surface area (Å²) in [6.07, 6.45) is 2.32. The highest BCUT2D eigenvalue weighted by atomic mass is 19.1. The van der Waals surface area contributed by atoms with Crippen molar-refractivity contribution in [3.05, 3.63) is 108 Å². The van der Waals surface area contributed by atoms with Crippen LogP contribution in [0, 0.1) is 5.82 Å². The van der Waals surface area contributed by atoms with E-state index in [1.807, 2.05) is 41.3 Å². The molecule has 33 heavy (non-hydrogen) atoms. The lowest BCUT2D eigenvalue weighted by Crippen LogP contribution is -2.41. The number of ether oxygens (including phenoxy) is 1. The van der Waals surface area contributed by atoms with Gasteiger partial charge in [-0.1, -0.05) is 66.7 Å². The lowest BCUT2D eigenvalue weighted by atomic mass is 9.87. The van der Waals surface area contributed by atoms with Gasteiger partial charge in [0.05, 0.1) is 13.2 Å². The lowest BCUT2D eigenvalue weighted by Gasteiger charge is -2.28. The Morgan fingerprint density at radius 1 is 0.879 bits per heavy atom. The smallest absolute Gasteiger partial charge is 0.223 e. The van der Waals surface area contributed by atoms with Crippen LogP contribution in [0.1, 0.15) is 29.0 Å². The topological polar surface area (TPSA) is 34.5 Å². The average Bonchev–Trinajstić information content (AvgIpc) is 3.22. The van der Waals surface area contributed by atoms with E-state index in [1.165, 1.54) is 11.6 Å². The molecule has 0 radical (unpaired) electrons. The molecule has 0 aliphatic carbocycles. The molecule has 1 aliphatic heterocycles. The third kappa shape index (κ3) is 4.55. The van der Waals surface area contributed by atoms with Crippen molar-refractivity contribution in [3.8, 4) is 0 Å². The van der Waals surface area contributed by atoms with E-state index in [-0.39, 0.29) is 24.1 Å². The molecule has 4 aromatic rings. The first-order chi connectivity index (χ1) is 16.2. The molecule has 2 heterocycles. The number of morpholine rings is 1. The van der Waals surface area contributed by atoms with E-state index in [0.717, 1.165) is 16.5 Å². The van der Waals surface area contributed by atoms with Crippen molar-refractivity contribution in [1.29, 1.82) is 0 Å². The summed E-state index contributed by atoms with van der Waals surface area (Å²) < 4.78 is 22.6. The lowest BCUT2D eigenvalue weighted by molar-refractivity contribution is -0.135. The number of nitrogens with zero attached hydrogens (tertiary/aromatic N) is 2. The Kier molecular flexibility index (Phi) is 6.22. The predicted octanol–water partition coefficient (Wildman–Crippen LogP) is 5.21. The number of aromatic nitrogens is 1. The van der Waals surface area contributed by atoms with Crippen molar-refractivity contribution in [3.63, 3.8) is 0 Å². The number of carbonyl (C=O) groups excluding carboxylic acids is 1. The summed E-state index contributed by atoms with van der Waals surface area (Å²) in [6, 6.07) is 25.3. The van der Waals surface area contributed by atoms with E-state index in [9.17, 15) is 4.79 Å². The van der Waals surface area contributed by atoms with Gasteiger partial charge in [0.2, 0.25) is 5.91 Å². The quantitative estimate of drug-likeness (QED) is 0.411. The van der Waals surface area contributed by atoms with Crippen LogP contribution in [0.3, 0.4) is 0 Å². The number of rotatable bonds is 6. The summed E-state index contributed by atoms with van der Waals surface area (Å²) in [7, 11) is 0. The second-order valence-corrected chi connectivity index (χ2v) is 8.49. The number of hydrogen-bond donors (Lipinski definition) is 0. The summed E-state index contributed by atoms with van der Waals surface area (Å²) >= 11 is 0. The van der Waals surface area contributed by atoms with Crippen molar-refractivity contribution in [1.82, 2.24) is 9.47 Å². The van der Waals surface area contributed by atoms with Gasteiger partial charge in [-0.25, -0.2) is 4.39 Å². The van der Waals surface area contributed by atoms with E-state index in [2.05, 4.69) is 35.0 Å². The maximum atomic E-state index is 15.0. The van der Waals surface area contributed by atoms with E-state index in [0.29, 0.717) is 38.4 Å². The van der Waals surface area contributed by atoms with Crippen LogP contribution in [-0.4, -0.2) is 41.7 Å². The number of hydrogen-bond acceptors (Lipinski definition) is 2. The van der Waals surface area contributed by atoms with Crippen LogP contribution >= 0.6 is 0 Å². The maximum Gasteiger partial charge on any atom is 0.223 e. The SMILES string of the molecule is O=C(CC(c1ccccc1F)c1cn(Cc2ccccc2)c2ccccc12)N1CCOCC1. The molecule has 1 atom stereocenters. The Morgan fingerprint density at radius 2 is 1.58 bits per heavy atom. The van der Waals surface area contributed by atoms with Crippen LogP contribution in [0.4, 0.5) is 4.39 Å². The molecule has 1 unspecified atom stereocenters. The fourth-order valence-electron chi connectivity index (χ4n) is 4.73. The predicted molar refractivity (Wildman–Crippen MR) is 128 cm³/mol. The molecular formula is C28H27FN2O2. The molecular weight excluding hydrogens is 415 g/mol. The molecule has 4 nitrogen and oxygen atoms in total. The maximum absolute atomic E-state index is 15.0. The van der Waals surface area contributed by atoms with E-state index >= 15 is 4.39 Å². The molecule has 0 bridgehead atoms. The van der Waals surface area contributed by atoms with Crippen LogP contribution in [0.15, 0.2) is 85.1 Å². The van der Waals surface area contributed by atoms with Gasteiger partial charge in [0, 0.05) is 49.1 Å². The molecule has 168 valence electrons. The van der Waals surface area contributed by atoms with Crippen LogP contribution in [-0.2, 0) is 16.1 Å². The molecule has 5 rings (SSSR count). The van der Waals surface area contributed by atoms with Crippen LogP contribution in [0.5, 0.6) is 0 Å². The van der Waals surface area contributed by atoms with Gasteiger partial charge in [0.25, 0.3) is 0 Å². The molecule has 1 aromatic heterocycles. The van der Waals surface area contributed by atoms with Crippen molar-refractivity contribution >= 4 is 16.8 Å². The van der Waals surface area contributed by atoms with Gasteiger partial charge in [-0.05, 0) is 28.8 Å². The minimum Gasteiger partial charge on any atom is -0.378 e. The van der Waals surface area contributed by atoms with Gasteiger partial charge < -0.3 is 14.2 Å². The zero-order valence-electron chi connectivity index (χ0n) is 18.5. The van der Waals surface area contributed by atoms with Gasteiger partial charge >= 0.3 is 0 Å². The standard InChI is InChI=1S/C28H27FN2O2/c29-26-12-6-4-10-22(26)24(18-28(32)30-14-16-33-17-15-30)25-20-31(19-21-8-2-1-3-9-21)27-13-7-5-11-23(25)27/h1-13,20,24H,14-19H2. The van der Waals surface area contributed by atoms with Crippen molar-refractivity contribution in [2.75, 3.05) is 26.3 Å². The van der Waals surface area contributed by atoms with Gasteiger partial charge in [0.15, 0.2) is 0 Å². The van der Waals surface area contributed by atoms with Crippen molar-refractivity contribution in [2.45, 2.75) is 18.9 Å². The molecule has 1 amide bonds. The second-order valence-electron chi connectivity index (χ2n) is 8.49. The molecule has 1 fully saturated rings. The van der Waals surface area contributed by atoms with Gasteiger partial charge in [-0.2, -0.15) is 0 Å². The van der Waals surface area contributed by atoms with E-state index < -0.39 is 0 Å². The first kappa shape index (κ1) is 21.4. The zero-order chi connectivity index (χ0) is 22.6. The summed E-state index contributed by atoms with van der Waals surface area (Å²) in [5.74, 6) is -0.618. The molecule has 3 aromatic carbocycles. The molecule has 1 aliphatic rings. The number of benzene rings is 3. The van der Waals surface area contributed by atoms with Gasteiger partial charge in [0.1, 0.15) is 5.82 Å². The third-order valence-electron chi connectivity index (χ3n) is 6.41. The molecule has 0 saturated carbocycles. The van der Waals surface area contributed by atoms with Gasteiger partial charge in [-0.15, -0.1) is 0 Å². The Morgan fingerprint density at radius 3 is 2.36 bits per heavy atom. The average molecular weight is 443 g/mol. The molecule has 0 N–H and O–H groups in total. The highest BCUT2D eigenvalue weighted by molar-refractivity contribution is 5.87. The highest BCUT2D eigenvalue weighted by Crippen LogP contribution is 2.36. The summed E-state index contributed by atoms with van der Waals surface area (Å²) in [5, 5.41) is 1.05. The molecule has 1 saturated heterocycles. The molecule has 5 heteroatoms. The van der Waals surface area contributed by atoms with Crippen LogP contribution in [0.2, 0.25) is 0 Å². The highest BCUT2D eigenvalue weighted by Gasteiger charge is 2.27. The normalized spacial score (nSPS) is 15.0. The first-order valence-corrected chi connectivity index (χ1v) is 11.4. The number of amides is 1. The van der Waals surface area contributed by atoms with Crippen molar-refractivity contribution in [2.24, 2.45) is 0 Å². The fourth-order valence-corrected chi connectivity index (χ4v) is 4.73. The Balaban J connectivity index is 1.58. The summed E-state index contributed by atoms with van der Waals surface area (Å²) in [4.78, 5) is 15.1. The Hall–Kier alpha value is -3.44. The number of halogens is 1. The third-order valence-corrected chi connectivity index (χ3v) is 6.41. The Labute approximate surface area is 193 Å². The zero-order valence-corrected chi connectivity index (χ0v) is 18.5. The number of fused-ring (bicyclic) bond motifs is 1. The fraction of sp³-hybridized carbons (Fsp3) is 0.250. The number of para-hydroxylation sites is 1. The van der Waals surface area contributed by atoms with Crippen LogP contribution < -0.4 is 0 Å². The van der Waals surface area contributed by atoms with Crippen molar-refractivity contribution < 1.29 is 13.9 Å². The van der Waals surface area contributed by atoms with E-state index in [1.54, 1.807) is 12.1 Å². The van der Waals surface area contributed by atoms with Gasteiger partial charge in [-0.3, -0.25) is 4.79 Å². The molecule has 0 spiro atoms. The summed E-state index contributed by atoms with van der Waals surface area (Å²) in [5.41, 5.74) is 3.81. The van der Waals surface area contributed by atoms with E-state index in [4.69, 9.17) is 4.74 Å². The monoisotopic (exact) mass is 442 g/mol. The Bertz CT molecular complexity index is 1250.